The third-order valence-electron chi connectivity index (χ3n) is 5.15. The molecule has 2 N–H and O–H groups in total. The lowest BCUT2D eigenvalue weighted by atomic mass is 9.87. The summed E-state index contributed by atoms with van der Waals surface area (Å²) in [6, 6.07) is 7.23. The summed E-state index contributed by atoms with van der Waals surface area (Å²) < 4.78 is 38.5. The van der Waals surface area contributed by atoms with E-state index in [2.05, 4.69) is 6.08 Å². The normalized spacial score (nSPS) is 15.6. The molecule has 8 nitrogen and oxygen atoms in total. The topological polar surface area (TPSA) is 104 Å². The zero-order valence-electron chi connectivity index (χ0n) is 18.0. The summed E-state index contributed by atoms with van der Waals surface area (Å²) in [6.07, 6.45) is 5.30. The van der Waals surface area contributed by atoms with Crippen LogP contribution in [0.1, 0.15) is 36.0 Å². The van der Waals surface area contributed by atoms with E-state index in [9.17, 15) is 14.4 Å². The van der Waals surface area contributed by atoms with Crippen LogP contribution in [0.25, 0.3) is 5.57 Å². The third kappa shape index (κ3) is 4.98. The van der Waals surface area contributed by atoms with Crippen molar-refractivity contribution in [2.75, 3.05) is 28.4 Å². The molecule has 1 aliphatic rings. The molecule has 0 aromatic heterocycles. The van der Waals surface area contributed by atoms with Gasteiger partial charge in [-0.05, 0) is 60.6 Å². The highest BCUT2D eigenvalue weighted by Gasteiger charge is 2.26. The van der Waals surface area contributed by atoms with Crippen molar-refractivity contribution in [1.82, 2.24) is 0 Å². The van der Waals surface area contributed by atoms with E-state index in [1.807, 2.05) is 18.2 Å². The zero-order chi connectivity index (χ0) is 22.6. The van der Waals surface area contributed by atoms with E-state index < -0.39 is 7.82 Å². The SMILES string of the molecule is COc1cc(/C2=C/CCCCc3c2ccc(OC)c3OP(=O)(O)O)cc(OC)c1OC. The Bertz CT molecular complexity index is 999. The fourth-order valence-corrected chi connectivity index (χ4v) is 4.24. The molecule has 9 heteroatoms. The van der Waals surface area contributed by atoms with Gasteiger partial charge in [0, 0.05) is 5.56 Å². The van der Waals surface area contributed by atoms with Crippen LogP contribution >= 0.6 is 7.82 Å². The van der Waals surface area contributed by atoms with Crippen LogP contribution in [-0.2, 0) is 11.0 Å². The predicted octanol–water partition coefficient (Wildman–Crippen LogP) is 4.35. The van der Waals surface area contributed by atoms with Crippen LogP contribution in [0.2, 0.25) is 0 Å². The molecule has 0 bridgehead atoms. The number of benzene rings is 2. The Hall–Kier alpha value is -2.67. The first-order chi connectivity index (χ1) is 14.8. The van der Waals surface area contributed by atoms with Crippen molar-refractivity contribution in [2.24, 2.45) is 0 Å². The summed E-state index contributed by atoms with van der Waals surface area (Å²) in [7, 11) is 1.31. The van der Waals surface area contributed by atoms with Crippen molar-refractivity contribution in [2.45, 2.75) is 25.7 Å². The van der Waals surface area contributed by atoms with E-state index in [0.29, 0.717) is 29.2 Å². The van der Waals surface area contributed by atoms with Crippen molar-refractivity contribution < 1.29 is 37.8 Å². The van der Waals surface area contributed by atoms with E-state index in [4.69, 9.17) is 23.5 Å². The number of ether oxygens (including phenoxy) is 4. The predicted molar refractivity (Wildman–Crippen MR) is 116 cm³/mol. The van der Waals surface area contributed by atoms with Crippen molar-refractivity contribution in [1.29, 1.82) is 0 Å². The number of hydrogen-bond acceptors (Lipinski definition) is 6. The van der Waals surface area contributed by atoms with Crippen LogP contribution in [0.15, 0.2) is 30.3 Å². The van der Waals surface area contributed by atoms with Gasteiger partial charge in [0.2, 0.25) is 5.75 Å². The summed E-state index contributed by atoms with van der Waals surface area (Å²) >= 11 is 0. The molecule has 0 unspecified atom stereocenters. The van der Waals surface area contributed by atoms with Gasteiger partial charge in [-0.3, -0.25) is 9.79 Å². The van der Waals surface area contributed by atoms with Gasteiger partial charge >= 0.3 is 7.82 Å². The number of methoxy groups -OCH3 is 4. The second kappa shape index (κ2) is 9.64. The molecule has 0 radical (unpaired) electrons. The smallest absolute Gasteiger partial charge is 0.493 e. The first kappa shape index (κ1) is 23.0. The summed E-state index contributed by atoms with van der Waals surface area (Å²) in [4.78, 5) is 18.9. The minimum Gasteiger partial charge on any atom is -0.493 e. The molecular formula is C22H27O8P. The summed E-state index contributed by atoms with van der Waals surface area (Å²) in [5, 5.41) is 0. The average Bonchev–Trinajstić information content (AvgIpc) is 2.72. The summed E-state index contributed by atoms with van der Waals surface area (Å²) in [6.45, 7) is 0. The van der Waals surface area contributed by atoms with Crippen LogP contribution in [0, 0.1) is 0 Å². The van der Waals surface area contributed by atoms with Crippen LogP contribution < -0.4 is 23.5 Å². The lowest BCUT2D eigenvalue weighted by molar-refractivity contribution is 0.275. The van der Waals surface area contributed by atoms with Gasteiger partial charge in [0.15, 0.2) is 23.0 Å². The number of phosphoric acid groups is 1. The van der Waals surface area contributed by atoms with Crippen LogP contribution in [0.3, 0.4) is 0 Å². The molecule has 0 heterocycles. The molecule has 1 aliphatic carbocycles. The maximum absolute atomic E-state index is 11.7. The fourth-order valence-electron chi connectivity index (χ4n) is 3.80. The molecule has 0 spiro atoms. The standard InChI is InChI=1S/C22H27O8P/c1-26-18-11-10-16-15(14-12-19(27-2)22(29-4)20(13-14)28-3)8-6-5-7-9-17(16)21(18)30-31(23,24)25/h8,10-13H,5-7,9H2,1-4H3,(H2,23,24,25)/b15-8-. The Kier molecular flexibility index (Phi) is 7.15. The van der Waals surface area contributed by atoms with E-state index in [0.717, 1.165) is 36.0 Å². The monoisotopic (exact) mass is 450 g/mol. The van der Waals surface area contributed by atoms with Crippen molar-refractivity contribution in [3.05, 3.63) is 47.0 Å². The molecule has 168 valence electrons. The van der Waals surface area contributed by atoms with Gasteiger partial charge in [0.1, 0.15) is 0 Å². The van der Waals surface area contributed by atoms with E-state index >= 15 is 0 Å². The van der Waals surface area contributed by atoms with Gasteiger partial charge in [-0.25, -0.2) is 4.57 Å². The highest BCUT2D eigenvalue weighted by atomic mass is 31.2. The Balaban J connectivity index is 2.25. The van der Waals surface area contributed by atoms with Crippen molar-refractivity contribution in [3.63, 3.8) is 0 Å². The van der Waals surface area contributed by atoms with Gasteiger partial charge in [0.05, 0.1) is 28.4 Å². The quantitative estimate of drug-likeness (QED) is 0.600. The average molecular weight is 450 g/mol. The fraction of sp³-hybridized carbons (Fsp3) is 0.364. The Morgan fingerprint density at radius 1 is 0.839 bits per heavy atom. The maximum atomic E-state index is 11.7. The molecule has 0 fully saturated rings. The Labute approximate surface area is 181 Å². The minimum absolute atomic E-state index is 0.0635. The number of phosphoric ester groups is 1. The number of allylic oxidation sites excluding steroid dienone is 1. The molecule has 2 aromatic carbocycles. The van der Waals surface area contributed by atoms with Crippen LogP contribution in [0.5, 0.6) is 28.7 Å². The van der Waals surface area contributed by atoms with Gasteiger partial charge in [-0.15, -0.1) is 0 Å². The lowest BCUT2D eigenvalue weighted by Gasteiger charge is -2.23. The summed E-state index contributed by atoms with van der Waals surface area (Å²) in [5.41, 5.74) is 3.19. The second-order valence-corrected chi connectivity index (χ2v) is 8.15. The highest BCUT2D eigenvalue weighted by molar-refractivity contribution is 7.46. The molecule has 0 atom stereocenters. The van der Waals surface area contributed by atoms with Gasteiger partial charge < -0.3 is 23.5 Å². The second-order valence-electron chi connectivity index (χ2n) is 6.98. The number of fused-ring (bicyclic) bond motifs is 1. The molecule has 0 saturated heterocycles. The largest absolute Gasteiger partial charge is 0.524 e. The molecule has 0 saturated carbocycles. The zero-order valence-corrected chi connectivity index (χ0v) is 18.9. The number of hydrogen-bond donors (Lipinski definition) is 2. The summed E-state index contributed by atoms with van der Waals surface area (Å²) in [5.74, 6) is 1.85. The van der Waals surface area contributed by atoms with E-state index in [1.165, 1.54) is 7.11 Å². The maximum Gasteiger partial charge on any atom is 0.524 e. The lowest BCUT2D eigenvalue weighted by Crippen LogP contribution is -2.05. The first-order valence-corrected chi connectivity index (χ1v) is 11.3. The third-order valence-corrected chi connectivity index (χ3v) is 5.57. The van der Waals surface area contributed by atoms with Crippen molar-refractivity contribution in [3.8, 4) is 28.7 Å². The van der Waals surface area contributed by atoms with Gasteiger partial charge in [0.25, 0.3) is 0 Å². The molecular weight excluding hydrogens is 423 g/mol. The first-order valence-electron chi connectivity index (χ1n) is 9.78. The number of rotatable bonds is 7. The highest BCUT2D eigenvalue weighted by Crippen LogP contribution is 2.48. The minimum atomic E-state index is -4.78. The van der Waals surface area contributed by atoms with Crippen LogP contribution in [-0.4, -0.2) is 38.2 Å². The van der Waals surface area contributed by atoms with E-state index in [1.54, 1.807) is 27.4 Å². The van der Waals surface area contributed by atoms with Crippen LogP contribution in [0.4, 0.5) is 0 Å². The molecule has 0 aliphatic heterocycles. The van der Waals surface area contributed by atoms with Crippen molar-refractivity contribution >= 4 is 13.4 Å². The molecule has 3 rings (SSSR count). The molecule has 0 amide bonds. The van der Waals surface area contributed by atoms with E-state index in [-0.39, 0.29) is 11.5 Å². The van der Waals surface area contributed by atoms with Gasteiger partial charge in [-0.2, -0.15) is 0 Å². The van der Waals surface area contributed by atoms with Gasteiger partial charge in [-0.1, -0.05) is 12.1 Å². The molecule has 31 heavy (non-hydrogen) atoms. The molecule has 2 aromatic rings. The Morgan fingerprint density at radius 3 is 2.03 bits per heavy atom. The Morgan fingerprint density at radius 2 is 1.48 bits per heavy atom.